The Morgan fingerprint density at radius 1 is 1.19 bits per heavy atom. The molecule has 1 aliphatic rings. The Balaban J connectivity index is 1.55. The summed E-state index contributed by atoms with van der Waals surface area (Å²) >= 11 is 11.8. The summed E-state index contributed by atoms with van der Waals surface area (Å²) in [6.45, 7) is 0.920. The molecule has 136 valence electrons. The average molecular weight is 395 g/mol. The largest absolute Gasteiger partial charge is 0.482 e. The second-order valence-electron chi connectivity index (χ2n) is 5.56. The molecular formula is C18H16Cl2N2O4. The van der Waals surface area contributed by atoms with Gasteiger partial charge in [0.2, 0.25) is 0 Å². The third-order valence-corrected chi connectivity index (χ3v) is 4.23. The van der Waals surface area contributed by atoms with E-state index in [2.05, 4.69) is 5.32 Å². The summed E-state index contributed by atoms with van der Waals surface area (Å²) in [5.74, 6) is -0.0279. The van der Waals surface area contributed by atoms with Gasteiger partial charge in [-0.2, -0.15) is 0 Å². The number of carbonyl (C=O) groups is 2. The Labute approximate surface area is 160 Å². The molecule has 0 aromatic heterocycles. The Morgan fingerprint density at radius 2 is 1.96 bits per heavy atom. The molecule has 0 radical (unpaired) electrons. The van der Waals surface area contributed by atoms with Gasteiger partial charge in [-0.3, -0.25) is 9.59 Å². The molecule has 0 saturated carbocycles. The fraction of sp³-hybridized carbons (Fsp3) is 0.222. The van der Waals surface area contributed by atoms with E-state index in [0.29, 0.717) is 34.6 Å². The molecule has 0 bridgehead atoms. The number of nitrogens with zero attached hydrogens (tertiary/aromatic N) is 1. The molecule has 1 N–H and O–H groups in total. The lowest BCUT2D eigenvalue weighted by Gasteiger charge is -2.26. The van der Waals surface area contributed by atoms with Crippen molar-refractivity contribution in [2.75, 3.05) is 36.6 Å². The van der Waals surface area contributed by atoms with E-state index < -0.39 is 0 Å². The Kier molecular flexibility index (Phi) is 5.98. The van der Waals surface area contributed by atoms with E-state index in [1.54, 1.807) is 47.4 Å². The van der Waals surface area contributed by atoms with Crippen LogP contribution in [0.5, 0.6) is 5.75 Å². The van der Waals surface area contributed by atoms with Crippen molar-refractivity contribution in [2.24, 2.45) is 0 Å². The van der Waals surface area contributed by atoms with Crippen molar-refractivity contribution in [3.63, 3.8) is 0 Å². The summed E-state index contributed by atoms with van der Waals surface area (Å²) in [6.07, 6.45) is 0. The van der Waals surface area contributed by atoms with E-state index in [0.717, 1.165) is 5.69 Å². The summed E-state index contributed by atoms with van der Waals surface area (Å²) in [5.41, 5.74) is 1.37. The molecule has 0 unspecified atom stereocenters. The zero-order valence-corrected chi connectivity index (χ0v) is 15.2. The van der Waals surface area contributed by atoms with Crippen LogP contribution in [0, 0.1) is 0 Å². The summed E-state index contributed by atoms with van der Waals surface area (Å²) in [4.78, 5) is 25.5. The minimum atomic E-state index is -0.328. The van der Waals surface area contributed by atoms with Gasteiger partial charge in [-0.05, 0) is 42.5 Å². The van der Waals surface area contributed by atoms with Crippen LogP contribution < -0.4 is 15.0 Å². The zero-order chi connectivity index (χ0) is 18.5. The van der Waals surface area contributed by atoms with Crippen LogP contribution in [0.4, 0.5) is 11.4 Å². The smallest absolute Gasteiger partial charge is 0.262 e. The number of hydrogen-bond donors (Lipinski definition) is 1. The molecule has 1 fully saturated rings. The van der Waals surface area contributed by atoms with E-state index in [4.69, 9.17) is 32.7 Å². The van der Waals surface area contributed by atoms with Crippen molar-refractivity contribution < 1.29 is 19.1 Å². The van der Waals surface area contributed by atoms with Crippen LogP contribution in [0.25, 0.3) is 0 Å². The fourth-order valence-electron chi connectivity index (χ4n) is 2.45. The van der Waals surface area contributed by atoms with E-state index in [1.165, 1.54) is 0 Å². The van der Waals surface area contributed by atoms with Gasteiger partial charge in [0.25, 0.3) is 11.8 Å². The normalized spacial score (nSPS) is 14.2. The maximum absolute atomic E-state index is 12.0. The van der Waals surface area contributed by atoms with Gasteiger partial charge in [-0.15, -0.1) is 0 Å². The van der Waals surface area contributed by atoms with Crippen molar-refractivity contribution in [2.45, 2.75) is 0 Å². The molecule has 6 nitrogen and oxygen atoms in total. The summed E-state index contributed by atoms with van der Waals surface area (Å²) < 4.78 is 10.5. The number of amides is 2. The predicted molar refractivity (Wildman–Crippen MR) is 100 cm³/mol. The lowest BCUT2D eigenvalue weighted by atomic mass is 10.2. The molecule has 2 aromatic rings. The number of carbonyl (C=O) groups excluding carboxylic acids is 2. The fourth-order valence-corrected chi connectivity index (χ4v) is 2.91. The SMILES string of the molecule is O=C(COc1ccc(Cl)cc1Cl)Nc1ccc(N2CCOCC2=O)cc1. The number of hydrogen-bond acceptors (Lipinski definition) is 4. The summed E-state index contributed by atoms with van der Waals surface area (Å²) in [5, 5.41) is 3.55. The van der Waals surface area contributed by atoms with Gasteiger partial charge in [-0.1, -0.05) is 23.2 Å². The van der Waals surface area contributed by atoms with E-state index in [1.807, 2.05) is 0 Å². The molecule has 1 saturated heterocycles. The third kappa shape index (κ3) is 4.66. The van der Waals surface area contributed by atoms with Crippen LogP contribution in [0.1, 0.15) is 0 Å². The minimum absolute atomic E-state index is 0.0821. The van der Waals surface area contributed by atoms with Crippen molar-refractivity contribution in [1.29, 1.82) is 0 Å². The Bertz CT molecular complexity index is 811. The molecule has 0 atom stereocenters. The maximum atomic E-state index is 12.0. The highest BCUT2D eigenvalue weighted by atomic mass is 35.5. The molecule has 0 aliphatic carbocycles. The monoisotopic (exact) mass is 394 g/mol. The van der Waals surface area contributed by atoms with Gasteiger partial charge >= 0.3 is 0 Å². The quantitative estimate of drug-likeness (QED) is 0.843. The summed E-state index contributed by atoms with van der Waals surface area (Å²) in [7, 11) is 0. The minimum Gasteiger partial charge on any atom is -0.482 e. The number of nitrogens with one attached hydrogen (secondary N) is 1. The van der Waals surface area contributed by atoms with Gasteiger partial charge < -0.3 is 19.7 Å². The lowest BCUT2D eigenvalue weighted by molar-refractivity contribution is -0.125. The second-order valence-corrected chi connectivity index (χ2v) is 6.40. The molecule has 8 heteroatoms. The van der Waals surface area contributed by atoms with Gasteiger partial charge in [0.05, 0.1) is 11.6 Å². The average Bonchev–Trinajstić information content (AvgIpc) is 2.62. The maximum Gasteiger partial charge on any atom is 0.262 e. The van der Waals surface area contributed by atoms with Gasteiger partial charge in [-0.25, -0.2) is 0 Å². The van der Waals surface area contributed by atoms with Crippen LogP contribution >= 0.6 is 23.2 Å². The molecular weight excluding hydrogens is 379 g/mol. The predicted octanol–water partition coefficient (Wildman–Crippen LogP) is 3.37. The van der Waals surface area contributed by atoms with E-state index in [9.17, 15) is 9.59 Å². The first-order valence-electron chi connectivity index (χ1n) is 7.89. The van der Waals surface area contributed by atoms with Gasteiger partial charge in [0, 0.05) is 22.9 Å². The number of benzene rings is 2. The molecule has 1 aliphatic heterocycles. The Morgan fingerprint density at radius 3 is 2.65 bits per heavy atom. The van der Waals surface area contributed by atoms with Crippen molar-refractivity contribution in [3.8, 4) is 5.75 Å². The number of morpholine rings is 1. The van der Waals surface area contributed by atoms with Crippen molar-refractivity contribution >= 4 is 46.4 Å². The number of ether oxygens (including phenoxy) is 2. The van der Waals surface area contributed by atoms with Crippen molar-refractivity contribution in [1.82, 2.24) is 0 Å². The Hall–Kier alpha value is -2.28. The molecule has 0 spiro atoms. The molecule has 3 rings (SSSR count). The zero-order valence-electron chi connectivity index (χ0n) is 13.7. The lowest BCUT2D eigenvalue weighted by Crippen LogP contribution is -2.41. The van der Waals surface area contributed by atoms with E-state index in [-0.39, 0.29) is 25.0 Å². The second kappa shape index (κ2) is 8.40. The molecule has 2 aromatic carbocycles. The first-order chi connectivity index (χ1) is 12.5. The summed E-state index contributed by atoms with van der Waals surface area (Å²) in [6, 6.07) is 11.8. The van der Waals surface area contributed by atoms with Crippen LogP contribution in [0.2, 0.25) is 10.0 Å². The highest BCUT2D eigenvalue weighted by Gasteiger charge is 2.20. The first-order valence-corrected chi connectivity index (χ1v) is 8.64. The highest BCUT2D eigenvalue weighted by molar-refractivity contribution is 6.35. The van der Waals surface area contributed by atoms with Crippen LogP contribution in [-0.2, 0) is 14.3 Å². The van der Waals surface area contributed by atoms with Gasteiger partial charge in [0.1, 0.15) is 12.4 Å². The third-order valence-electron chi connectivity index (χ3n) is 3.70. The molecule has 2 amide bonds. The first kappa shape index (κ1) is 18.5. The van der Waals surface area contributed by atoms with E-state index >= 15 is 0 Å². The van der Waals surface area contributed by atoms with Crippen LogP contribution in [-0.4, -0.2) is 38.2 Å². The molecule has 1 heterocycles. The van der Waals surface area contributed by atoms with Crippen molar-refractivity contribution in [3.05, 3.63) is 52.5 Å². The van der Waals surface area contributed by atoms with Crippen LogP contribution in [0.3, 0.4) is 0 Å². The highest BCUT2D eigenvalue weighted by Crippen LogP contribution is 2.27. The van der Waals surface area contributed by atoms with Crippen LogP contribution in [0.15, 0.2) is 42.5 Å². The molecule has 26 heavy (non-hydrogen) atoms. The van der Waals surface area contributed by atoms with Gasteiger partial charge in [0.15, 0.2) is 6.61 Å². The number of anilines is 2. The standard InChI is InChI=1S/C18H16Cl2N2O4/c19-12-1-6-16(15(20)9-12)26-10-17(23)21-13-2-4-14(5-3-13)22-7-8-25-11-18(22)24/h1-6,9H,7-8,10-11H2,(H,21,23). The number of halogens is 2. The topological polar surface area (TPSA) is 67.9 Å². The number of rotatable bonds is 5.